The number of aromatic nitrogens is 1. The molecule has 5 heteroatoms. The Morgan fingerprint density at radius 1 is 1.44 bits per heavy atom. The van der Waals surface area contributed by atoms with Gasteiger partial charge in [-0.15, -0.1) is 0 Å². The highest BCUT2D eigenvalue weighted by atomic mass is 16.2. The summed E-state index contributed by atoms with van der Waals surface area (Å²) in [5.41, 5.74) is 1.08. The molecule has 1 aliphatic heterocycles. The van der Waals surface area contributed by atoms with Crippen LogP contribution in [0.1, 0.15) is 18.5 Å². The molecule has 2 rings (SSSR count). The summed E-state index contributed by atoms with van der Waals surface area (Å²) in [7, 11) is 0. The molecule has 1 unspecified atom stereocenters. The van der Waals surface area contributed by atoms with Crippen LogP contribution in [0.25, 0.3) is 0 Å². The SMILES string of the molecule is CC(NC(=O)CN1CCNCC1)c1ccncc1. The average Bonchev–Trinajstić information content (AvgIpc) is 2.40. The normalized spacial score (nSPS) is 18.3. The van der Waals surface area contributed by atoms with Gasteiger partial charge in [0.2, 0.25) is 5.91 Å². The molecule has 1 aromatic heterocycles. The number of piperazine rings is 1. The van der Waals surface area contributed by atoms with E-state index in [2.05, 4.69) is 20.5 Å². The van der Waals surface area contributed by atoms with E-state index in [1.54, 1.807) is 12.4 Å². The summed E-state index contributed by atoms with van der Waals surface area (Å²) >= 11 is 0. The second-order valence-corrected chi connectivity index (χ2v) is 4.60. The Hall–Kier alpha value is -1.46. The molecule has 1 aliphatic rings. The number of nitrogens with one attached hydrogen (secondary N) is 2. The number of hydrogen-bond donors (Lipinski definition) is 2. The Morgan fingerprint density at radius 2 is 2.11 bits per heavy atom. The molecular formula is C13H20N4O. The Morgan fingerprint density at radius 3 is 2.78 bits per heavy atom. The fourth-order valence-electron chi connectivity index (χ4n) is 2.09. The van der Waals surface area contributed by atoms with Crippen molar-refractivity contribution in [2.24, 2.45) is 0 Å². The van der Waals surface area contributed by atoms with Gasteiger partial charge in [-0.1, -0.05) is 0 Å². The van der Waals surface area contributed by atoms with Gasteiger partial charge in [-0.05, 0) is 24.6 Å². The Bertz CT molecular complexity index is 376. The van der Waals surface area contributed by atoms with E-state index in [4.69, 9.17) is 0 Å². The Balaban J connectivity index is 1.80. The summed E-state index contributed by atoms with van der Waals surface area (Å²) in [4.78, 5) is 18.1. The van der Waals surface area contributed by atoms with Crippen molar-refractivity contribution >= 4 is 5.91 Å². The number of carbonyl (C=O) groups excluding carboxylic acids is 1. The number of amides is 1. The molecule has 1 fully saturated rings. The lowest BCUT2D eigenvalue weighted by Gasteiger charge is -2.27. The van der Waals surface area contributed by atoms with Crippen molar-refractivity contribution in [3.8, 4) is 0 Å². The summed E-state index contributed by atoms with van der Waals surface area (Å²) in [6.45, 7) is 6.29. The van der Waals surface area contributed by atoms with Gasteiger partial charge in [0.25, 0.3) is 0 Å². The van der Waals surface area contributed by atoms with Crippen LogP contribution >= 0.6 is 0 Å². The van der Waals surface area contributed by atoms with Crippen LogP contribution in [0, 0.1) is 0 Å². The van der Waals surface area contributed by atoms with Crippen LogP contribution in [0.15, 0.2) is 24.5 Å². The molecule has 1 aromatic rings. The highest BCUT2D eigenvalue weighted by Crippen LogP contribution is 2.09. The maximum Gasteiger partial charge on any atom is 0.234 e. The van der Waals surface area contributed by atoms with Gasteiger partial charge >= 0.3 is 0 Å². The zero-order valence-corrected chi connectivity index (χ0v) is 10.7. The first-order valence-electron chi connectivity index (χ1n) is 6.38. The van der Waals surface area contributed by atoms with E-state index >= 15 is 0 Å². The number of hydrogen-bond acceptors (Lipinski definition) is 4. The van der Waals surface area contributed by atoms with Crippen molar-refractivity contribution in [3.63, 3.8) is 0 Å². The third-order valence-corrected chi connectivity index (χ3v) is 3.16. The van der Waals surface area contributed by atoms with Gasteiger partial charge < -0.3 is 10.6 Å². The van der Waals surface area contributed by atoms with Gasteiger partial charge in [0.05, 0.1) is 12.6 Å². The molecule has 2 N–H and O–H groups in total. The molecule has 5 nitrogen and oxygen atoms in total. The zero-order chi connectivity index (χ0) is 12.8. The van der Waals surface area contributed by atoms with Gasteiger partial charge in [-0.3, -0.25) is 14.7 Å². The van der Waals surface area contributed by atoms with E-state index in [0.29, 0.717) is 6.54 Å². The number of rotatable bonds is 4. The highest BCUT2D eigenvalue weighted by molar-refractivity contribution is 5.78. The molecule has 1 amide bonds. The van der Waals surface area contributed by atoms with Crippen molar-refractivity contribution in [2.45, 2.75) is 13.0 Å². The van der Waals surface area contributed by atoms with Gasteiger partial charge in [-0.25, -0.2) is 0 Å². The molecule has 98 valence electrons. The molecule has 1 atom stereocenters. The fraction of sp³-hybridized carbons (Fsp3) is 0.538. The molecule has 0 bridgehead atoms. The molecule has 0 radical (unpaired) electrons. The van der Waals surface area contributed by atoms with Crippen molar-refractivity contribution in [3.05, 3.63) is 30.1 Å². The fourth-order valence-corrected chi connectivity index (χ4v) is 2.09. The molecule has 2 heterocycles. The minimum Gasteiger partial charge on any atom is -0.348 e. The third kappa shape index (κ3) is 3.78. The minimum atomic E-state index is 0.0309. The first kappa shape index (κ1) is 13.0. The van der Waals surface area contributed by atoms with E-state index in [1.165, 1.54) is 0 Å². The largest absolute Gasteiger partial charge is 0.348 e. The smallest absolute Gasteiger partial charge is 0.234 e. The molecular weight excluding hydrogens is 228 g/mol. The van der Waals surface area contributed by atoms with Crippen LogP contribution in [-0.4, -0.2) is 48.5 Å². The van der Waals surface area contributed by atoms with Gasteiger partial charge in [0, 0.05) is 38.6 Å². The standard InChI is InChI=1S/C13H20N4O/c1-11(12-2-4-14-5-3-12)16-13(18)10-17-8-6-15-7-9-17/h2-5,11,15H,6-10H2,1H3,(H,16,18). The molecule has 0 spiro atoms. The third-order valence-electron chi connectivity index (χ3n) is 3.16. The van der Waals surface area contributed by atoms with Crippen LogP contribution in [-0.2, 0) is 4.79 Å². The summed E-state index contributed by atoms with van der Waals surface area (Å²) in [6, 6.07) is 3.88. The monoisotopic (exact) mass is 248 g/mol. The van der Waals surface area contributed by atoms with E-state index < -0.39 is 0 Å². The summed E-state index contributed by atoms with van der Waals surface area (Å²) in [5.74, 6) is 0.0845. The summed E-state index contributed by atoms with van der Waals surface area (Å²) in [6.07, 6.45) is 3.49. The summed E-state index contributed by atoms with van der Waals surface area (Å²) in [5, 5.41) is 6.29. The van der Waals surface area contributed by atoms with Crippen LogP contribution < -0.4 is 10.6 Å². The molecule has 0 aromatic carbocycles. The van der Waals surface area contributed by atoms with Gasteiger partial charge in [0.15, 0.2) is 0 Å². The molecule has 1 saturated heterocycles. The maximum absolute atomic E-state index is 11.9. The highest BCUT2D eigenvalue weighted by Gasteiger charge is 2.15. The topological polar surface area (TPSA) is 57.3 Å². The van der Waals surface area contributed by atoms with Crippen LogP contribution in [0.3, 0.4) is 0 Å². The number of nitrogens with zero attached hydrogens (tertiary/aromatic N) is 2. The van der Waals surface area contributed by atoms with Crippen LogP contribution in [0.5, 0.6) is 0 Å². The van der Waals surface area contributed by atoms with E-state index in [9.17, 15) is 4.79 Å². The summed E-state index contributed by atoms with van der Waals surface area (Å²) < 4.78 is 0. The quantitative estimate of drug-likeness (QED) is 0.797. The van der Waals surface area contributed by atoms with Crippen LogP contribution in [0.4, 0.5) is 0 Å². The minimum absolute atomic E-state index is 0.0309. The average molecular weight is 248 g/mol. The van der Waals surface area contributed by atoms with Crippen LogP contribution in [0.2, 0.25) is 0 Å². The van der Waals surface area contributed by atoms with Gasteiger partial charge in [0.1, 0.15) is 0 Å². The molecule has 0 saturated carbocycles. The lowest BCUT2D eigenvalue weighted by atomic mass is 10.1. The van der Waals surface area contributed by atoms with E-state index in [0.717, 1.165) is 31.7 Å². The predicted octanol–water partition coefficient (Wildman–Crippen LogP) is 0.164. The van der Waals surface area contributed by atoms with Gasteiger partial charge in [-0.2, -0.15) is 0 Å². The second kappa shape index (κ2) is 6.47. The van der Waals surface area contributed by atoms with Crippen molar-refractivity contribution in [1.82, 2.24) is 20.5 Å². The lowest BCUT2D eigenvalue weighted by Crippen LogP contribution is -2.47. The lowest BCUT2D eigenvalue weighted by molar-refractivity contribution is -0.123. The van der Waals surface area contributed by atoms with E-state index in [-0.39, 0.29) is 11.9 Å². The molecule has 0 aliphatic carbocycles. The van der Waals surface area contributed by atoms with Crippen molar-refractivity contribution < 1.29 is 4.79 Å². The first-order chi connectivity index (χ1) is 8.75. The second-order valence-electron chi connectivity index (χ2n) is 4.60. The zero-order valence-electron chi connectivity index (χ0n) is 10.7. The number of pyridine rings is 1. The van der Waals surface area contributed by atoms with Crippen molar-refractivity contribution in [2.75, 3.05) is 32.7 Å². The Kier molecular flexibility index (Phi) is 4.66. The number of carbonyl (C=O) groups is 1. The maximum atomic E-state index is 11.9. The molecule has 18 heavy (non-hydrogen) atoms. The van der Waals surface area contributed by atoms with E-state index in [1.807, 2.05) is 19.1 Å². The Labute approximate surface area is 108 Å². The van der Waals surface area contributed by atoms with Crippen molar-refractivity contribution in [1.29, 1.82) is 0 Å². The first-order valence-corrected chi connectivity index (χ1v) is 6.38. The predicted molar refractivity (Wildman–Crippen MR) is 70.1 cm³/mol.